The Hall–Kier alpha value is -3.42. The summed E-state index contributed by atoms with van der Waals surface area (Å²) in [7, 11) is 0. The molecule has 3 aromatic rings. The average Bonchev–Trinajstić information content (AvgIpc) is 2.73. The number of halogens is 4. The normalized spacial score (nSPS) is 10.7. The van der Waals surface area contributed by atoms with Crippen molar-refractivity contribution in [1.82, 2.24) is 0 Å². The highest BCUT2D eigenvalue weighted by Gasteiger charge is 2.30. The first kappa shape index (κ1) is 22.3. The number of thiocyanates is 1. The van der Waals surface area contributed by atoms with Gasteiger partial charge in [-0.25, -0.2) is 4.39 Å². The van der Waals surface area contributed by atoms with E-state index in [9.17, 15) is 17.6 Å². The van der Waals surface area contributed by atoms with Crippen molar-refractivity contribution in [2.75, 3.05) is 0 Å². The van der Waals surface area contributed by atoms with Gasteiger partial charge in [-0.15, -0.1) is 13.2 Å². The van der Waals surface area contributed by atoms with Gasteiger partial charge in [0.25, 0.3) is 0 Å². The Bertz CT molecular complexity index is 1190. The molecule has 0 fully saturated rings. The standard InChI is InChI=1S/C24H15F4NOS/c1-2-17-13-19(20-9-12-23(31-15-29)22(25)14-20)8-7-18(17)6-3-16-4-10-21(11-5-16)30-24(26,27)28/h4-5,7-14H,2H2,1H3. The number of rotatable bonds is 4. The zero-order valence-electron chi connectivity index (χ0n) is 16.3. The molecule has 0 atom stereocenters. The van der Waals surface area contributed by atoms with Crippen LogP contribution in [0.5, 0.6) is 5.75 Å². The molecule has 0 saturated carbocycles. The summed E-state index contributed by atoms with van der Waals surface area (Å²) < 4.78 is 54.7. The zero-order valence-corrected chi connectivity index (χ0v) is 17.1. The van der Waals surface area contributed by atoms with Crippen LogP contribution in [-0.2, 0) is 6.42 Å². The SMILES string of the molecule is CCc1cc(-c2ccc(SC#N)c(F)c2)ccc1C#Cc1ccc(OC(F)(F)F)cc1. The van der Waals surface area contributed by atoms with Crippen LogP contribution in [-0.4, -0.2) is 6.36 Å². The van der Waals surface area contributed by atoms with Gasteiger partial charge in [-0.2, -0.15) is 5.26 Å². The summed E-state index contributed by atoms with van der Waals surface area (Å²) in [5.74, 6) is 5.22. The van der Waals surface area contributed by atoms with Gasteiger partial charge in [-0.1, -0.05) is 30.9 Å². The maximum atomic E-state index is 14.1. The fourth-order valence-corrected chi connectivity index (χ4v) is 3.27. The van der Waals surface area contributed by atoms with Gasteiger partial charge in [0.05, 0.1) is 4.90 Å². The van der Waals surface area contributed by atoms with E-state index < -0.39 is 12.2 Å². The first-order valence-corrected chi connectivity index (χ1v) is 9.97. The quantitative estimate of drug-likeness (QED) is 0.191. The summed E-state index contributed by atoms with van der Waals surface area (Å²) in [5.41, 5.74) is 3.79. The molecule has 0 saturated heterocycles. The van der Waals surface area contributed by atoms with Crippen LogP contribution in [0.1, 0.15) is 23.6 Å². The van der Waals surface area contributed by atoms with E-state index in [2.05, 4.69) is 16.6 Å². The summed E-state index contributed by atoms with van der Waals surface area (Å²) in [4.78, 5) is 0.274. The molecule has 31 heavy (non-hydrogen) atoms. The molecule has 0 aliphatic heterocycles. The molecule has 3 rings (SSSR count). The molecular formula is C24H15F4NOS. The van der Waals surface area contributed by atoms with Crippen molar-refractivity contribution < 1.29 is 22.3 Å². The highest BCUT2D eigenvalue weighted by Crippen LogP contribution is 2.28. The van der Waals surface area contributed by atoms with Crippen LogP contribution in [0.4, 0.5) is 17.6 Å². The van der Waals surface area contributed by atoms with Crippen molar-refractivity contribution in [2.24, 2.45) is 0 Å². The number of hydrogen-bond donors (Lipinski definition) is 0. The molecule has 0 aliphatic rings. The zero-order chi connectivity index (χ0) is 22.4. The minimum absolute atomic E-state index is 0.274. The number of alkyl halides is 3. The third kappa shape index (κ3) is 6.04. The van der Waals surface area contributed by atoms with Crippen molar-refractivity contribution in [3.8, 4) is 34.1 Å². The van der Waals surface area contributed by atoms with E-state index in [1.54, 1.807) is 12.1 Å². The molecule has 0 bridgehead atoms. The lowest BCUT2D eigenvalue weighted by Gasteiger charge is -2.08. The Balaban J connectivity index is 1.83. The predicted octanol–water partition coefficient (Wildman–Crippen LogP) is 6.93. The van der Waals surface area contributed by atoms with Crippen molar-refractivity contribution in [3.05, 3.63) is 83.2 Å². The van der Waals surface area contributed by atoms with Gasteiger partial charge < -0.3 is 4.74 Å². The van der Waals surface area contributed by atoms with E-state index in [1.165, 1.54) is 30.3 Å². The smallest absolute Gasteiger partial charge is 0.406 e. The largest absolute Gasteiger partial charge is 0.573 e. The maximum Gasteiger partial charge on any atom is 0.573 e. The number of nitriles is 1. The molecular weight excluding hydrogens is 426 g/mol. The lowest BCUT2D eigenvalue weighted by Crippen LogP contribution is -2.16. The second kappa shape index (κ2) is 9.59. The van der Waals surface area contributed by atoms with Gasteiger partial charge in [-0.05, 0) is 83.4 Å². The van der Waals surface area contributed by atoms with Gasteiger partial charge >= 0.3 is 6.36 Å². The lowest BCUT2D eigenvalue weighted by molar-refractivity contribution is -0.274. The Kier molecular flexibility index (Phi) is 6.89. The molecule has 0 radical (unpaired) electrons. The second-order valence-electron chi connectivity index (χ2n) is 6.39. The van der Waals surface area contributed by atoms with Crippen LogP contribution in [0, 0.1) is 28.3 Å². The monoisotopic (exact) mass is 441 g/mol. The van der Waals surface area contributed by atoms with Crippen molar-refractivity contribution >= 4 is 11.8 Å². The Labute approximate surface area is 181 Å². The number of benzene rings is 3. The highest BCUT2D eigenvalue weighted by atomic mass is 32.2. The summed E-state index contributed by atoms with van der Waals surface area (Å²) >= 11 is 0.773. The minimum atomic E-state index is -4.73. The number of thioether (sulfide) groups is 1. The molecule has 0 unspecified atom stereocenters. The van der Waals surface area contributed by atoms with E-state index in [-0.39, 0.29) is 10.6 Å². The van der Waals surface area contributed by atoms with E-state index >= 15 is 0 Å². The summed E-state index contributed by atoms with van der Waals surface area (Å²) in [6, 6.07) is 15.6. The van der Waals surface area contributed by atoms with Crippen molar-refractivity contribution in [1.29, 1.82) is 5.26 Å². The van der Waals surface area contributed by atoms with Crippen LogP contribution in [0.3, 0.4) is 0 Å². The van der Waals surface area contributed by atoms with Crippen LogP contribution in [0.15, 0.2) is 65.6 Å². The molecule has 0 N–H and O–H groups in total. The van der Waals surface area contributed by atoms with E-state index in [1.807, 2.05) is 30.5 Å². The minimum Gasteiger partial charge on any atom is -0.406 e. The highest BCUT2D eigenvalue weighted by molar-refractivity contribution is 8.03. The lowest BCUT2D eigenvalue weighted by atomic mass is 9.97. The molecule has 2 nitrogen and oxygen atoms in total. The van der Waals surface area contributed by atoms with Crippen LogP contribution >= 0.6 is 11.8 Å². The Morgan fingerprint density at radius 2 is 1.61 bits per heavy atom. The molecule has 0 aliphatic carbocycles. The molecule has 0 amide bonds. The van der Waals surface area contributed by atoms with Gasteiger partial charge in [0.1, 0.15) is 17.0 Å². The molecule has 0 spiro atoms. The number of hydrogen-bond acceptors (Lipinski definition) is 3. The number of aryl methyl sites for hydroxylation is 1. The average molecular weight is 441 g/mol. The number of ether oxygens (including phenoxy) is 1. The van der Waals surface area contributed by atoms with Crippen LogP contribution in [0.2, 0.25) is 0 Å². The van der Waals surface area contributed by atoms with Gasteiger partial charge in [0, 0.05) is 11.1 Å². The second-order valence-corrected chi connectivity index (χ2v) is 7.21. The maximum absolute atomic E-state index is 14.1. The van der Waals surface area contributed by atoms with Gasteiger partial charge in [0.15, 0.2) is 0 Å². The van der Waals surface area contributed by atoms with E-state index in [0.29, 0.717) is 17.5 Å². The molecule has 3 aromatic carbocycles. The van der Waals surface area contributed by atoms with Crippen LogP contribution in [0.25, 0.3) is 11.1 Å². The summed E-state index contributed by atoms with van der Waals surface area (Å²) in [6.45, 7) is 1.97. The Morgan fingerprint density at radius 1 is 0.935 bits per heavy atom. The molecule has 0 aromatic heterocycles. The molecule has 0 heterocycles. The summed E-state index contributed by atoms with van der Waals surface area (Å²) in [6.07, 6.45) is -4.04. The first-order valence-electron chi connectivity index (χ1n) is 9.15. The fraction of sp³-hybridized carbons (Fsp3) is 0.125. The number of nitrogens with zero attached hydrogens (tertiary/aromatic N) is 1. The van der Waals surface area contributed by atoms with Crippen molar-refractivity contribution in [2.45, 2.75) is 24.6 Å². The third-order valence-corrected chi connectivity index (χ3v) is 4.98. The van der Waals surface area contributed by atoms with Crippen molar-refractivity contribution in [3.63, 3.8) is 0 Å². The topological polar surface area (TPSA) is 33.0 Å². The molecule has 7 heteroatoms. The van der Waals surface area contributed by atoms with Gasteiger partial charge in [0.2, 0.25) is 0 Å². The van der Waals surface area contributed by atoms with E-state index in [4.69, 9.17) is 5.26 Å². The molecule has 156 valence electrons. The van der Waals surface area contributed by atoms with Gasteiger partial charge in [-0.3, -0.25) is 0 Å². The fourth-order valence-electron chi connectivity index (χ4n) is 2.88. The third-order valence-electron chi connectivity index (χ3n) is 4.34. The van der Waals surface area contributed by atoms with E-state index in [0.717, 1.165) is 28.5 Å². The summed E-state index contributed by atoms with van der Waals surface area (Å²) in [5, 5.41) is 10.6. The van der Waals surface area contributed by atoms with Crippen LogP contribution < -0.4 is 4.74 Å². The Morgan fingerprint density at radius 3 is 2.23 bits per heavy atom. The predicted molar refractivity (Wildman–Crippen MR) is 112 cm³/mol. The first-order chi connectivity index (χ1) is 14.8.